The molecule has 3 aromatic rings. The van der Waals surface area contributed by atoms with Crippen LogP contribution < -0.4 is 11.1 Å². The smallest absolute Gasteiger partial charge is 0.248 e. The Morgan fingerprint density at radius 2 is 1.51 bits per heavy atom. The highest BCUT2D eigenvalue weighted by molar-refractivity contribution is 6.09. The molecule has 1 amide bonds. The van der Waals surface area contributed by atoms with Crippen LogP contribution in [0, 0.1) is 5.41 Å². The van der Waals surface area contributed by atoms with Gasteiger partial charge in [-0.2, -0.15) is 0 Å². The van der Waals surface area contributed by atoms with Gasteiger partial charge >= 0.3 is 0 Å². The van der Waals surface area contributed by atoms with Gasteiger partial charge in [0.25, 0.3) is 0 Å². The van der Waals surface area contributed by atoms with Crippen molar-refractivity contribution < 1.29 is 9.59 Å². The number of carbonyl (C=O) groups excluding carboxylic acids is 2. The van der Waals surface area contributed by atoms with Gasteiger partial charge in [-0.3, -0.25) is 15.0 Å². The van der Waals surface area contributed by atoms with Gasteiger partial charge in [0.05, 0.1) is 6.04 Å². The predicted molar refractivity (Wildman–Crippen MR) is 141 cm³/mol. The molecule has 0 saturated carbocycles. The van der Waals surface area contributed by atoms with E-state index in [1.807, 2.05) is 66.7 Å². The van der Waals surface area contributed by atoms with Gasteiger partial charge in [0, 0.05) is 24.0 Å². The Hall–Kier alpha value is -4.25. The van der Waals surface area contributed by atoms with Crippen molar-refractivity contribution in [1.82, 2.24) is 5.32 Å². The predicted octanol–water partition coefficient (Wildman–Crippen LogP) is 4.92. The van der Waals surface area contributed by atoms with Gasteiger partial charge in [-0.1, -0.05) is 84.9 Å². The van der Waals surface area contributed by atoms with Crippen LogP contribution in [0.5, 0.6) is 0 Å². The topological polar surface area (TPSA) is 96.0 Å². The van der Waals surface area contributed by atoms with Crippen LogP contribution in [0.15, 0.2) is 96.6 Å². The van der Waals surface area contributed by atoms with Crippen molar-refractivity contribution in [2.24, 2.45) is 5.73 Å². The first kappa shape index (κ1) is 23.9. The molecule has 3 aromatic carbocycles. The average molecular weight is 464 g/mol. The lowest BCUT2D eigenvalue weighted by molar-refractivity contribution is -0.125. The summed E-state index contributed by atoms with van der Waals surface area (Å²) in [5.41, 5.74) is 12.1. The molecule has 0 fully saturated rings. The molecule has 5 nitrogen and oxygen atoms in total. The molecular weight excluding hydrogens is 434 g/mol. The van der Waals surface area contributed by atoms with Crippen molar-refractivity contribution in [2.75, 3.05) is 0 Å². The molecule has 0 aromatic heterocycles. The van der Waals surface area contributed by atoms with Crippen LogP contribution in [0.25, 0.3) is 11.1 Å². The van der Waals surface area contributed by atoms with Crippen LogP contribution in [-0.2, 0) is 16.0 Å². The molecule has 35 heavy (non-hydrogen) atoms. The maximum atomic E-state index is 13.1. The molecule has 0 bridgehead atoms. The molecule has 0 saturated heterocycles. The van der Waals surface area contributed by atoms with Crippen LogP contribution in [0.3, 0.4) is 0 Å². The highest BCUT2D eigenvalue weighted by Crippen LogP contribution is 2.38. The normalized spacial score (nSPS) is 13.8. The lowest BCUT2D eigenvalue weighted by Gasteiger charge is -2.14. The summed E-state index contributed by atoms with van der Waals surface area (Å²) in [5, 5.41) is 10.4. The van der Waals surface area contributed by atoms with E-state index in [9.17, 15) is 9.59 Å². The minimum atomic E-state index is -0.583. The van der Waals surface area contributed by atoms with Crippen LogP contribution in [0.4, 0.5) is 0 Å². The lowest BCUT2D eigenvalue weighted by Crippen LogP contribution is -2.39. The van der Waals surface area contributed by atoms with E-state index < -0.39 is 6.04 Å². The first-order valence-electron chi connectivity index (χ1n) is 11.7. The van der Waals surface area contributed by atoms with Crippen molar-refractivity contribution >= 4 is 28.7 Å². The lowest BCUT2D eigenvalue weighted by atomic mass is 9.96. The zero-order chi connectivity index (χ0) is 24.8. The summed E-state index contributed by atoms with van der Waals surface area (Å²) in [6.07, 6.45) is 3.35. The number of rotatable bonds is 9. The van der Waals surface area contributed by atoms with Crippen LogP contribution >= 0.6 is 0 Å². The third-order valence-corrected chi connectivity index (χ3v) is 6.27. The van der Waals surface area contributed by atoms with E-state index in [0.29, 0.717) is 30.4 Å². The number of nitrogens with one attached hydrogen (secondary N) is 2. The molecule has 0 radical (unpaired) electrons. The molecule has 0 spiro atoms. The quantitative estimate of drug-likeness (QED) is 0.310. The van der Waals surface area contributed by atoms with Crippen molar-refractivity contribution in [3.63, 3.8) is 0 Å². The van der Waals surface area contributed by atoms with Crippen LogP contribution in [0.1, 0.15) is 42.0 Å². The van der Waals surface area contributed by atoms with E-state index in [4.69, 9.17) is 11.1 Å². The number of ketones is 1. The van der Waals surface area contributed by atoms with E-state index >= 15 is 0 Å². The summed E-state index contributed by atoms with van der Waals surface area (Å²) < 4.78 is 0. The number of carbonyl (C=O) groups is 2. The van der Waals surface area contributed by atoms with Gasteiger partial charge in [-0.05, 0) is 47.3 Å². The number of amides is 1. The second-order valence-electron chi connectivity index (χ2n) is 8.74. The summed E-state index contributed by atoms with van der Waals surface area (Å²) >= 11 is 0. The van der Waals surface area contributed by atoms with E-state index in [2.05, 4.69) is 17.4 Å². The zero-order valence-electron chi connectivity index (χ0n) is 19.8. The number of nitrogen functional groups attached to an aromatic ring is 1. The fraction of sp³-hybridized carbons (Fsp3) is 0.167. The molecule has 176 valence electrons. The summed E-state index contributed by atoms with van der Waals surface area (Å²) in [4.78, 5) is 25.8. The minimum absolute atomic E-state index is 0.0190. The molecule has 0 unspecified atom stereocenters. The molecule has 0 heterocycles. The van der Waals surface area contributed by atoms with Gasteiger partial charge in [-0.15, -0.1) is 0 Å². The fourth-order valence-corrected chi connectivity index (χ4v) is 4.22. The third kappa shape index (κ3) is 5.82. The van der Waals surface area contributed by atoms with E-state index in [1.165, 1.54) is 0 Å². The molecular formula is C30H29N3O2. The summed E-state index contributed by atoms with van der Waals surface area (Å²) in [5.74, 6) is -0.214. The highest BCUT2D eigenvalue weighted by atomic mass is 16.2. The Kier molecular flexibility index (Phi) is 7.36. The first-order chi connectivity index (χ1) is 16.9. The average Bonchev–Trinajstić information content (AvgIpc) is 3.34. The second kappa shape index (κ2) is 10.8. The molecule has 4 rings (SSSR count). The monoisotopic (exact) mass is 463 g/mol. The number of amidine groups is 1. The third-order valence-electron chi connectivity index (χ3n) is 6.27. The molecule has 1 aliphatic rings. The van der Waals surface area contributed by atoms with Crippen molar-refractivity contribution in [3.8, 4) is 0 Å². The number of Topliss-reactive ketones (excluding diaryl/α,β-unsaturated/α-hetero) is 1. The van der Waals surface area contributed by atoms with Crippen molar-refractivity contribution in [3.05, 3.63) is 119 Å². The number of nitrogens with two attached hydrogens (primary N) is 1. The molecule has 1 aliphatic carbocycles. The maximum absolute atomic E-state index is 13.1. The van der Waals surface area contributed by atoms with Crippen molar-refractivity contribution in [2.45, 2.75) is 32.2 Å². The standard InChI is InChI=1S/C30H29N3O2/c1-20(28(34)17-14-21-12-15-24(16-13-21)29(31)32)33-30(35)25-18-26(22-8-4-2-5-9-22)27(19-25)23-10-6-3-7-11-23/h2-13,15-16,18,20H,14,17,19H2,1H3,(H3,31,32)(H,33,35)/t20-/m0/s1. The maximum Gasteiger partial charge on any atom is 0.248 e. The largest absolute Gasteiger partial charge is 0.384 e. The van der Waals surface area contributed by atoms with Gasteiger partial charge in [0.15, 0.2) is 5.78 Å². The highest BCUT2D eigenvalue weighted by Gasteiger charge is 2.25. The minimum Gasteiger partial charge on any atom is -0.384 e. The Morgan fingerprint density at radius 3 is 2.11 bits per heavy atom. The van der Waals surface area contributed by atoms with Crippen LogP contribution in [-0.4, -0.2) is 23.6 Å². The molecule has 1 atom stereocenters. The Balaban J connectivity index is 1.41. The second-order valence-corrected chi connectivity index (χ2v) is 8.74. The van der Waals surface area contributed by atoms with E-state index in [0.717, 1.165) is 27.8 Å². The van der Waals surface area contributed by atoms with E-state index in [-0.39, 0.29) is 17.5 Å². The number of hydrogen-bond acceptors (Lipinski definition) is 3. The molecule has 4 N–H and O–H groups in total. The van der Waals surface area contributed by atoms with Gasteiger partial charge < -0.3 is 11.1 Å². The fourth-order valence-electron chi connectivity index (χ4n) is 4.22. The summed E-state index contributed by atoms with van der Waals surface area (Å²) in [6, 6.07) is 26.9. The summed E-state index contributed by atoms with van der Waals surface area (Å²) in [7, 11) is 0. The van der Waals surface area contributed by atoms with E-state index in [1.54, 1.807) is 19.1 Å². The van der Waals surface area contributed by atoms with Crippen LogP contribution in [0.2, 0.25) is 0 Å². The Labute approximate surface area is 205 Å². The first-order valence-corrected chi connectivity index (χ1v) is 11.7. The zero-order valence-corrected chi connectivity index (χ0v) is 19.8. The molecule has 0 aliphatic heterocycles. The number of hydrogen-bond donors (Lipinski definition) is 3. The van der Waals surface area contributed by atoms with Crippen molar-refractivity contribution in [1.29, 1.82) is 5.41 Å². The number of allylic oxidation sites excluding steroid dienone is 3. The SMILES string of the molecule is C[C@H](NC(=O)C1=CC(c2ccccc2)=C(c2ccccc2)C1)C(=O)CCc1ccc(C(=N)N)cc1. The Bertz CT molecular complexity index is 1290. The Morgan fingerprint density at radius 1 is 0.914 bits per heavy atom. The van der Waals surface area contributed by atoms with Gasteiger partial charge in [-0.25, -0.2) is 0 Å². The van der Waals surface area contributed by atoms with Gasteiger partial charge in [0.2, 0.25) is 5.91 Å². The number of aryl methyl sites for hydroxylation is 1. The molecule has 5 heteroatoms. The summed E-state index contributed by atoms with van der Waals surface area (Å²) in [6.45, 7) is 1.73. The number of benzene rings is 3. The van der Waals surface area contributed by atoms with Gasteiger partial charge in [0.1, 0.15) is 5.84 Å².